The lowest BCUT2D eigenvalue weighted by molar-refractivity contribution is -0.129. The molecule has 0 heterocycles. The normalized spacial score (nSPS) is 15.2. The molecule has 1 unspecified atom stereocenters. The molecule has 4 heteroatoms. The Balaban J connectivity index is 4.06. The fraction of sp³-hybridized carbons (Fsp3) is 0.571. The number of methoxy groups -OCH3 is 1. The molecule has 1 amide bonds. The Morgan fingerprint density at radius 2 is 2.45 bits per heavy atom. The Labute approximate surface area is 65.9 Å². The summed E-state index contributed by atoms with van der Waals surface area (Å²) in [6.45, 7) is 4.55. The van der Waals surface area contributed by atoms with Gasteiger partial charge in [0.15, 0.2) is 5.72 Å². The van der Waals surface area contributed by atoms with Gasteiger partial charge in [-0.2, -0.15) is 0 Å². The van der Waals surface area contributed by atoms with Gasteiger partial charge in [-0.25, -0.2) is 0 Å². The minimum atomic E-state index is -1.01. The number of nitrogens with one attached hydrogen (secondary N) is 1. The molecule has 64 valence electrons. The lowest BCUT2D eigenvalue weighted by atomic mass is 10.3. The van der Waals surface area contributed by atoms with Gasteiger partial charge < -0.3 is 15.2 Å². The maximum atomic E-state index is 10.7. The molecule has 0 radical (unpaired) electrons. The zero-order valence-corrected chi connectivity index (χ0v) is 6.76. The Bertz CT molecular complexity index is 152. The number of carbonyl (C=O) groups excluding carboxylic acids is 1. The van der Waals surface area contributed by atoms with Crippen molar-refractivity contribution >= 4 is 5.91 Å². The van der Waals surface area contributed by atoms with E-state index < -0.39 is 5.72 Å². The highest BCUT2D eigenvalue weighted by Crippen LogP contribution is 2.01. The molecule has 0 bridgehead atoms. The molecule has 0 aromatic rings. The first-order valence-corrected chi connectivity index (χ1v) is 3.18. The molecule has 0 saturated carbocycles. The second-order valence-corrected chi connectivity index (χ2v) is 2.29. The summed E-state index contributed by atoms with van der Waals surface area (Å²) in [6, 6.07) is 0. The lowest BCUT2D eigenvalue weighted by Gasteiger charge is -2.25. The van der Waals surface area contributed by atoms with Crippen LogP contribution in [0.4, 0.5) is 0 Å². The van der Waals surface area contributed by atoms with Gasteiger partial charge in [-0.3, -0.25) is 4.79 Å². The minimum Gasteiger partial charge on any atom is -0.391 e. The van der Waals surface area contributed by atoms with Crippen molar-refractivity contribution in [2.45, 2.75) is 12.6 Å². The third-order valence-electron chi connectivity index (χ3n) is 1.33. The summed E-state index contributed by atoms with van der Waals surface area (Å²) in [5, 5.41) is 11.2. The predicted octanol–water partition coefficient (Wildman–Crippen LogP) is -0.357. The zero-order valence-electron chi connectivity index (χ0n) is 6.76. The van der Waals surface area contributed by atoms with E-state index in [1.807, 2.05) is 0 Å². The van der Waals surface area contributed by atoms with Gasteiger partial charge in [0.05, 0.1) is 6.61 Å². The van der Waals surface area contributed by atoms with E-state index in [1.54, 1.807) is 6.92 Å². The van der Waals surface area contributed by atoms with Crippen LogP contribution in [-0.2, 0) is 9.53 Å². The molecule has 0 aromatic heterocycles. The first-order valence-electron chi connectivity index (χ1n) is 3.18. The molecule has 0 aliphatic rings. The van der Waals surface area contributed by atoms with E-state index in [-0.39, 0.29) is 12.5 Å². The monoisotopic (exact) mass is 159 g/mol. The van der Waals surface area contributed by atoms with Gasteiger partial charge >= 0.3 is 0 Å². The van der Waals surface area contributed by atoms with E-state index in [2.05, 4.69) is 11.9 Å². The highest BCUT2D eigenvalue weighted by molar-refractivity contribution is 5.87. The largest absolute Gasteiger partial charge is 0.391 e. The topological polar surface area (TPSA) is 58.6 Å². The number of rotatable bonds is 4. The first-order chi connectivity index (χ1) is 5.08. The fourth-order valence-electron chi connectivity index (χ4n) is 0.467. The molecule has 11 heavy (non-hydrogen) atoms. The predicted molar refractivity (Wildman–Crippen MR) is 40.8 cm³/mol. The molecule has 0 aliphatic carbocycles. The molecule has 4 nitrogen and oxygen atoms in total. The number of amides is 1. The van der Waals surface area contributed by atoms with Crippen molar-refractivity contribution in [3.8, 4) is 0 Å². The van der Waals surface area contributed by atoms with Crippen LogP contribution in [0, 0.1) is 0 Å². The van der Waals surface area contributed by atoms with Crippen molar-refractivity contribution < 1.29 is 14.6 Å². The van der Waals surface area contributed by atoms with E-state index >= 15 is 0 Å². The van der Waals surface area contributed by atoms with Gasteiger partial charge in [0.25, 0.3) is 0 Å². The van der Waals surface area contributed by atoms with Gasteiger partial charge in [0, 0.05) is 7.11 Å². The maximum Gasteiger partial charge on any atom is 0.245 e. The van der Waals surface area contributed by atoms with Gasteiger partial charge in [-0.05, 0) is 13.0 Å². The van der Waals surface area contributed by atoms with Crippen LogP contribution < -0.4 is 5.32 Å². The summed E-state index contributed by atoms with van der Waals surface area (Å²) in [4.78, 5) is 10.7. The highest BCUT2D eigenvalue weighted by atomic mass is 16.5. The van der Waals surface area contributed by atoms with E-state index in [0.29, 0.717) is 0 Å². The molecule has 0 spiro atoms. The van der Waals surface area contributed by atoms with Crippen LogP contribution >= 0.6 is 0 Å². The van der Waals surface area contributed by atoms with Gasteiger partial charge in [-0.15, -0.1) is 0 Å². The minimum absolute atomic E-state index is 0.275. The number of aliphatic hydroxyl groups excluding tert-OH is 1. The van der Waals surface area contributed by atoms with Crippen LogP contribution in [0.3, 0.4) is 0 Å². The summed E-state index contributed by atoms with van der Waals surface area (Å²) in [6.07, 6.45) is 1.12. The Hall–Kier alpha value is -0.870. The third kappa shape index (κ3) is 3.15. The molecular formula is C7H13NO3. The molecule has 1 atom stereocenters. The van der Waals surface area contributed by atoms with Crippen LogP contribution in [0.5, 0.6) is 0 Å². The molecule has 0 aliphatic heterocycles. The summed E-state index contributed by atoms with van der Waals surface area (Å²) >= 11 is 0. The number of ether oxygens (including phenoxy) is 1. The fourth-order valence-corrected chi connectivity index (χ4v) is 0.467. The number of carbonyl (C=O) groups is 1. The standard InChI is InChI=1S/C7H13NO3/c1-4-6(10)8-7(2,5-9)11-3/h4,9H,1,5H2,2-3H3,(H,8,10). The molecule has 0 saturated heterocycles. The van der Waals surface area contributed by atoms with Crippen LogP contribution in [0.2, 0.25) is 0 Å². The van der Waals surface area contributed by atoms with Crippen molar-refractivity contribution in [1.82, 2.24) is 5.32 Å². The SMILES string of the molecule is C=CC(=O)NC(C)(CO)OC. The number of hydrogen-bond donors (Lipinski definition) is 2. The summed E-state index contributed by atoms with van der Waals surface area (Å²) in [7, 11) is 1.40. The van der Waals surface area contributed by atoms with Crippen LogP contribution in [-0.4, -0.2) is 30.5 Å². The Morgan fingerprint density at radius 1 is 1.91 bits per heavy atom. The second kappa shape index (κ2) is 4.10. The quantitative estimate of drug-likeness (QED) is 0.435. The van der Waals surface area contributed by atoms with Crippen molar-refractivity contribution in [2.24, 2.45) is 0 Å². The molecule has 0 fully saturated rings. The average molecular weight is 159 g/mol. The maximum absolute atomic E-state index is 10.7. The second-order valence-electron chi connectivity index (χ2n) is 2.29. The van der Waals surface area contributed by atoms with Crippen molar-refractivity contribution in [2.75, 3.05) is 13.7 Å². The summed E-state index contributed by atoms with van der Waals surface area (Å²) < 4.78 is 4.83. The highest BCUT2D eigenvalue weighted by Gasteiger charge is 2.23. The van der Waals surface area contributed by atoms with E-state index in [0.717, 1.165) is 6.08 Å². The number of aliphatic hydroxyl groups is 1. The van der Waals surface area contributed by atoms with Crippen molar-refractivity contribution in [3.05, 3.63) is 12.7 Å². The lowest BCUT2D eigenvalue weighted by Crippen LogP contribution is -2.49. The van der Waals surface area contributed by atoms with Crippen LogP contribution in [0.1, 0.15) is 6.92 Å². The average Bonchev–Trinajstić information content (AvgIpc) is 2.04. The Kier molecular flexibility index (Phi) is 3.78. The van der Waals surface area contributed by atoms with E-state index in [9.17, 15) is 4.79 Å². The van der Waals surface area contributed by atoms with Crippen LogP contribution in [0.25, 0.3) is 0 Å². The van der Waals surface area contributed by atoms with E-state index in [1.165, 1.54) is 7.11 Å². The first kappa shape index (κ1) is 10.1. The van der Waals surface area contributed by atoms with Crippen molar-refractivity contribution in [3.63, 3.8) is 0 Å². The molecule has 0 rings (SSSR count). The van der Waals surface area contributed by atoms with Gasteiger partial charge in [-0.1, -0.05) is 6.58 Å². The Morgan fingerprint density at radius 3 is 2.73 bits per heavy atom. The van der Waals surface area contributed by atoms with Gasteiger partial charge in [0.2, 0.25) is 5.91 Å². The number of hydrogen-bond acceptors (Lipinski definition) is 3. The molecule has 2 N–H and O–H groups in total. The smallest absolute Gasteiger partial charge is 0.245 e. The van der Waals surface area contributed by atoms with Crippen LogP contribution in [0.15, 0.2) is 12.7 Å². The summed E-state index contributed by atoms with van der Waals surface area (Å²) in [5.41, 5.74) is -1.01. The molecular weight excluding hydrogens is 146 g/mol. The summed E-state index contributed by atoms with van der Waals surface area (Å²) in [5.74, 6) is -0.372. The van der Waals surface area contributed by atoms with Crippen molar-refractivity contribution in [1.29, 1.82) is 0 Å². The van der Waals surface area contributed by atoms with Gasteiger partial charge in [0.1, 0.15) is 0 Å². The molecule has 0 aromatic carbocycles. The zero-order chi connectivity index (χ0) is 8.91. The van der Waals surface area contributed by atoms with E-state index in [4.69, 9.17) is 9.84 Å². The third-order valence-corrected chi connectivity index (χ3v) is 1.33.